The topological polar surface area (TPSA) is 79.5 Å². The van der Waals surface area contributed by atoms with E-state index < -0.39 is 5.60 Å². The fraction of sp³-hybridized carbons (Fsp3) is 0.632. The van der Waals surface area contributed by atoms with Crippen LogP contribution in [0.25, 0.3) is 0 Å². The van der Waals surface area contributed by atoms with Gasteiger partial charge < -0.3 is 10.1 Å². The molecule has 7 heteroatoms. The molecule has 2 aliphatic carbocycles. The monoisotopic (exact) mass is 379 g/mol. The number of amides is 2. The number of hydrogen-bond donors (Lipinski definition) is 3. The average molecular weight is 380 g/mol. The van der Waals surface area contributed by atoms with Gasteiger partial charge in [-0.25, -0.2) is 0 Å². The number of allylic oxidation sites excluding steroid dienone is 2. The van der Waals surface area contributed by atoms with E-state index in [1.165, 1.54) is 0 Å². The minimum absolute atomic E-state index is 0.0152. The van der Waals surface area contributed by atoms with Crippen LogP contribution in [0.3, 0.4) is 0 Å². The van der Waals surface area contributed by atoms with Gasteiger partial charge in [-0.3, -0.25) is 20.4 Å². The zero-order valence-electron chi connectivity index (χ0n) is 15.5. The molecule has 0 aromatic heterocycles. The van der Waals surface area contributed by atoms with Gasteiger partial charge in [-0.15, -0.1) is 0 Å². The Hall–Kier alpha value is -1.73. The molecular weight excluding hydrogens is 350 g/mol. The van der Waals surface area contributed by atoms with Gasteiger partial charge in [-0.1, -0.05) is 44.4 Å². The van der Waals surface area contributed by atoms with Gasteiger partial charge in [0.15, 0.2) is 10.7 Å². The highest BCUT2D eigenvalue weighted by molar-refractivity contribution is 7.80. The molecule has 0 aliphatic heterocycles. The Kier molecular flexibility index (Phi) is 7.78. The second-order valence-corrected chi connectivity index (χ2v) is 7.39. The van der Waals surface area contributed by atoms with Crippen molar-refractivity contribution in [3.8, 4) is 0 Å². The van der Waals surface area contributed by atoms with Crippen molar-refractivity contribution in [3.63, 3.8) is 0 Å². The summed E-state index contributed by atoms with van der Waals surface area (Å²) in [5, 5.41) is 2.75. The third-order valence-electron chi connectivity index (χ3n) is 4.78. The van der Waals surface area contributed by atoms with Crippen LogP contribution < -0.4 is 16.2 Å². The molecule has 0 aromatic rings. The van der Waals surface area contributed by atoms with Crippen molar-refractivity contribution < 1.29 is 14.3 Å². The number of hydrogen-bond acceptors (Lipinski definition) is 4. The van der Waals surface area contributed by atoms with Gasteiger partial charge in [-0.2, -0.15) is 0 Å². The molecule has 2 unspecified atom stereocenters. The van der Waals surface area contributed by atoms with Gasteiger partial charge in [0.2, 0.25) is 5.91 Å². The number of rotatable bonds is 6. The molecule has 0 heterocycles. The smallest absolute Gasteiger partial charge is 0.274 e. The van der Waals surface area contributed by atoms with E-state index in [9.17, 15) is 9.59 Å². The third-order valence-corrected chi connectivity index (χ3v) is 4.98. The van der Waals surface area contributed by atoms with E-state index in [0.717, 1.165) is 38.5 Å². The van der Waals surface area contributed by atoms with Crippen LogP contribution in [0.2, 0.25) is 0 Å². The van der Waals surface area contributed by atoms with Crippen molar-refractivity contribution in [1.82, 2.24) is 16.2 Å². The van der Waals surface area contributed by atoms with Crippen molar-refractivity contribution in [2.45, 2.75) is 70.5 Å². The summed E-state index contributed by atoms with van der Waals surface area (Å²) >= 11 is 5.12. The summed E-state index contributed by atoms with van der Waals surface area (Å²) in [5.74, 6) is -0.405. The molecule has 1 fully saturated rings. The van der Waals surface area contributed by atoms with Crippen molar-refractivity contribution in [2.75, 3.05) is 0 Å². The van der Waals surface area contributed by atoms with Gasteiger partial charge in [0.25, 0.3) is 5.91 Å². The van der Waals surface area contributed by atoms with Gasteiger partial charge in [0.1, 0.15) is 0 Å². The minimum atomic E-state index is -1.07. The first-order valence-electron chi connectivity index (χ1n) is 9.40. The van der Waals surface area contributed by atoms with Gasteiger partial charge in [-0.05, 0) is 44.5 Å². The molecule has 2 rings (SSSR count). The van der Waals surface area contributed by atoms with Crippen LogP contribution in [0.15, 0.2) is 24.3 Å². The summed E-state index contributed by atoms with van der Waals surface area (Å²) in [6, 6.07) is 0. The number of carbonyl (C=O) groups is 2. The van der Waals surface area contributed by atoms with E-state index in [2.05, 4.69) is 23.1 Å². The second-order valence-electron chi connectivity index (χ2n) is 6.98. The van der Waals surface area contributed by atoms with Crippen molar-refractivity contribution >= 4 is 29.1 Å². The first-order chi connectivity index (χ1) is 12.5. The molecule has 0 radical (unpaired) electrons. The lowest BCUT2D eigenvalue weighted by Gasteiger charge is -2.33. The molecule has 6 nitrogen and oxygen atoms in total. The van der Waals surface area contributed by atoms with Crippen LogP contribution in [-0.4, -0.2) is 28.6 Å². The summed E-state index contributed by atoms with van der Waals surface area (Å²) in [5.41, 5.74) is 4.14. The summed E-state index contributed by atoms with van der Waals surface area (Å²) in [6.45, 7) is 4.04. The minimum Gasteiger partial charge on any atom is -0.358 e. The molecule has 0 saturated heterocycles. The Balaban J connectivity index is 1.88. The lowest BCUT2D eigenvalue weighted by Crippen LogP contribution is -2.57. The van der Waals surface area contributed by atoms with Gasteiger partial charge in [0, 0.05) is 12.3 Å². The highest BCUT2D eigenvalue weighted by Gasteiger charge is 2.38. The number of ether oxygens (including phenoxy) is 1. The zero-order chi connectivity index (χ0) is 19.0. The fourth-order valence-corrected chi connectivity index (χ4v) is 3.54. The van der Waals surface area contributed by atoms with Crippen LogP contribution in [0.4, 0.5) is 0 Å². The number of carbonyl (C=O) groups excluding carboxylic acids is 2. The first-order valence-corrected chi connectivity index (χ1v) is 9.81. The average Bonchev–Trinajstić information content (AvgIpc) is 3.15. The quantitative estimate of drug-likeness (QED) is 0.488. The molecule has 1 saturated carbocycles. The lowest BCUT2D eigenvalue weighted by molar-refractivity contribution is -0.147. The molecule has 0 bridgehead atoms. The standard InChI is InChI=1S/C19H29N3O3S/c1-3-9-14(2)25-19(12-7-4-8-13-19)17(24)21-22-18(26)20-16(23)15-10-5-6-11-15/h4,7-8,12,14-15H,3,5-6,9-11,13H2,1-2H3,(H,21,24)(H2,20,22,23,26). The molecule has 2 atom stereocenters. The normalized spacial score (nSPS) is 23.5. The SMILES string of the molecule is CCCC(C)OC1(C(=O)NNC(=S)NC(=O)C2CCCC2)C=CC=CC1. The highest BCUT2D eigenvalue weighted by Crippen LogP contribution is 2.26. The predicted octanol–water partition coefficient (Wildman–Crippen LogP) is 2.66. The Morgan fingerprint density at radius 3 is 2.62 bits per heavy atom. The van der Waals surface area contributed by atoms with E-state index in [1.807, 2.05) is 25.2 Å². The molecular formula is C19H29N3O3S. The Morgan fingerprint density at radius 2 is 2.00 bits per heavy atom. The molecule has 2 aliphatic rings. The third kappa shape index (κ3) is 5.64. The zero-order valence-corrected chi connectivity index (χ0v) is 16.4. The summed E-state index contributed by atoms with van der Waals surface area (Å²) < 4.78 is 6.06. The molecule has 26 heavy (non-hydrogen) atoms. The molecule has 0 aromatic carbocycles. The predicted molar refractivity (Wildman–Crippen MR) is 105 cm³/mol. The summed E-state index contributed by atoms with van der Waals surface area (Å²) in [4.78, 5) is 24.8. The Bertz CT molecular complexity index is 585. The van der Waals surface area contributed by atoms with Crippen molar-refractivity contribution in [3.05, 3.63) is 24.3 Å². The maximum Gasteiger partial charge on any atom is 0.274 e. The molecule has 2 amide bonds. The van der Waals surface area contributed by atoms with Gasteiger partial charge >= 0.3 is 0 Å². The summed E-state index contributed by atoms with van der Waals surface area (Å²) in [6.07, 6.45) is 13.5. The van der Waals surface area contributed by atoms with Crippen molar-refractivity contribution in [2.24, 2.45) is 5.92 Å². The van der Waals surface area contributed by atoms with E-state index in [4.69, 9.17) is 17.0 Å². The van der Waals surface area contributed by atoms with Crippen LogP contribution in [0, 0.1) is 5.92 Å². The highest BCUT2D eigenvalue weighted by atomic mass is 32.1. The van der Waals surface area contributed by atoms with Crippen LogP contribution in [0.5, 0.6) is 0 Å². The largest absolute Gasteiger partial charge is 0.358 e. The number of thiocarbonyl (C=S) groups is 1. The Morgan fingerprint density at radius 1 is 1.27 bits per heavy atom. The molecule has 144 valence electrons. The summed E-state index contributed by atoms with van der Waals surface area (Å²) in [7, 11) is 0. The first kappa shape index (κ1) is 20.6. The second kappa shape index (κ2) is 9.83. The molecule has 3 N–H and O–H groups in total. The maximum atomic E-state index is 12.8. The lowest BCUT2D eigenvalue weighted by atomic mass is 9.93. The van der Waals surface area contributed by atoms with Crippen LogP contribution in [0.1, 0.15) is 58.8 Å². The van der Waals surface area contributed by atoms with E-state index >= 15 is 0 Å². The van der Waals surface area contributed by atoms with Crippen LogP contribution >= 0.6 is 12.2 Å². The number of nitrogens with one attached hydrogen (secondary N) is 3. The van der Waals surface area contributed by atoms with E-state index in [-0.39, 0.29) is 28.9 Å². The van der Waals surface area contributed by atoms with Crippen molar-refractivity contribution in [1.29, 1.82) is 0 Å². The molecule has 0 spiro atoms. The van der Waals surface area contributed by atoms with E-state index in [0.29, 0.717) is 6.42 Å². The maximum absolute atomic E-state index is 12.8. The van der Waals surface area contributed by atoms with Crippen LogP contribution in [-0.2, 0) is 14.3 Å². The van der Waals surface area contributed by atoms with E-state index in [1.54, 1.807) is 6.08 Å². The Labute approximate surface area is 160 Å². The fourth-order valence-electron chi connectivity index (χ4n) is 3.39. The van der Waals surface area contributed by atoms with Gasteiger partial charge in [0.05, 0.1) is 6.10 Å². The number of hydrazine groups is 1.